The van der Waals surface area contributed by atoms with Crippen LogP contribution in [0.1, 0.15) is 54.4 Å². The van der Waals surface area contributed by atoms with Crippen molar-refractivity contribution in [2.24, 2.45) is 0 Å². The summed E-state index contributed by atoms with van der Waals surface area (Å²) >= 11 is 0. The van der Waals surface area contributed by atoms with Crippen molar-refractivity contribution in [1.82, 2.24) is 29.3 Å². The van der Waals surface area contributed by atoms with Crippen LogP contribution in [0.25, 0.3) is 0 Å². The lowest BCUT2D eigenvalue weighted by Gasteiger charge is -2.51. The second-order valence-corrected chi connectivity index (χ2v) is 14.2. The lowest BCUT2D eigenvalue weighted by molar-refractivity contribution is -0.138. The Morgan fingerprint density at radius 1 is 1.00 bits per heavy atom. The molecule has 14 heteroatoms. The maximum atomic E-state index is 13.6. The molecule has 3 saturated heterocycles. The highest BCUT2D eigenvalue weighted by molar-refractivity contribution is 7.89. The molecular weight excluding hydrogens is 609 g/mol. The molecule has 246 valence electrons. The molecule has 0 bridgehead atoms. The minimum absolute atomic E-state index is 0.0303. The molecule has 3 aliphatic rings. The van der Waals surface area contributed by atoms with E-state index >= 15 is 0 Å². The Morgan fingerprint density at radius 2 is 1.73 bits per heavy atom. The summed E-state index contributed by atoms with van der Waals surface area (Å²) in [6, 6.07) is 6.58. The van der Waals surface area contributed by atoms with Crippen LogP contribution in [0, 0.1) is 0 Å². The summed E-state index contributed by atoms with van der Waals surface area (Å²) in [6.07, 6.45) is 1.50. The van der Waals surface area contributed by atoms with Crippen molar-refractivity contribution in [1.29, 1.82) is 0 Å². The average Bonchev–Trinajstić information content (AvgIpc) is 3.04. The molecule has 2 amide bonds. The summed E-state index contributed by atoms with van der Waals surface area (Å²) in [5, 5.41) is 3.10. The number of rotatable bonds is 8. The van der Waals surface area contributed by atoms with Gasteiger partial charge in [-0.15, -0.1) is 0 Å². The lowest BCUT2D eigenvalue weighted by Crippen LogP contribution is -2.64. The van der Waals surface area contributed by atoms with E-state index in [-0.39, 0.29) is 30.3 Å². The zero-order chi connectivity index (χ0) is 32.2. The Morgan fingerprint density at radius 3 is 2.40 bits per heavy atom. The van der Waals surface area contributed by atoms with Crippen LogP contribution in [0.2, 0.25) is 0 Å². The fourth-order valence-electron chi connectivity index (χ4n) is 6.70. The van der Waals surface area contributed by atoms with Gasteiger partial charge in [0.1, 0.15) is 0 Å². The van der Waals surface area contributed by atoms with Crippen LogP contribution in [0.4, 0.5) is 13.2 Å². The predicted molar refractivity (Wildman–Crippen MR) is 162 cm³/mol. The van der Waals surface area contributed by atoms with Crippen molar-refractivity contribution in [2.75, 3.05) is 59.4 Å². The van der Waals surface area contributed by atoms with Crippen LogP contribution in [0.3, 0.4) is 0 Å². The van der Waals surface area contributed by atoms with E-state index in [1.165, 1.54) is 16.6 Å². The summed E-state index contributed by atoms with van der Waals surface area (Å²) in [4.78, 5) is 36.6. The standard InChI is InChI=1S/C31H41F3N6O4S/c1-37-16-18-39(19-17-37)30(23-36-29(42)24-6-5-12-35-22-24)10-14-38(15-11-30)28(41)21-26-8-2-3-13-40(26)45(43,44)27-9-4-7-25(20-27)31(32,33)34/h4-7,9,12,20,22,26H,2-3,8,10-11,13-19,21,23H2,1H3,(H,36,42). The van der Waals surface area contributed by atoms with E-state index in [0.717, 1.165) is 44.7 Å². The molecule has 4 heterocycles. The van der Waals surface area contributed by atoms with Gasteiger partial charge in [0.05, 0.1) is 16.0 Å². The summed E-state index contributed by atoms with van der Waals surface area (Å²) in [6.45, 7) is 4.99. The highest BCUT2D eigenvalue weighted by Crippen LogP contribution is 2.34. The zero-order valence-electron chi connectivity index (χ0n) is 25.5. The number of sulfonamides is 1. The monoisotopic (exact) mass is 650 g/mol. The number of benzene rings is 1. The van der Waals surface area contributed by atoms with E-state index in [1.54, 1.807) is 23.2 Å². The fourth-order valence-corrected chi connectivity index (χ4v) is 8.43. The molecule has 1 aromatic heterocycles. The minimum atomic E-state index is -4.67. The summed E-state index contributed by atoms with van der Waals surface area (Å²) in [5.41, 5.74) is -0.877. The van der Waals surface area contributed by atoms with Crippen LogP contribution < -0.4 is 5.32 Å². The molecule has 2 aromatic rings. The molecule has 0 saturated carbocycles. The quantitative estimate of drug-likeness (QED) is 0.468. The van der Waals surface area contributed by atoms with Crippen LogP contribution in [0.15, 0.2) is 53.7 Å². The number of likely N-dealkylation sites (N-methyl/N-ethyl adjacent to an activating group) is 1. The third kappa shape index (κ3) is 7.67. The maximum Gasteiger partial charge on any atom is 0.416 e. The van der Waals surface area contributed by atoms with E-state index in [9.17, 15) is 31.2 Å². The molecule has 1 aromatic carbocycles. The lowest BCUT2D eigenvalue weighted by atomic mass is 9.84. The van der Waals surface area contributed by atoms with Crippen LogP contribution in [-0.2, 0) is 21.0 Å². The number of aromatic nitrogens is 1. The third-order valence-corrected chi connectivity index (χ3v) is 11.4. The van der Waals surface area contributed by atoms with E-state index in [0.29, 0.717) is 56.9 Å². The number of carbonyl (C=O) groups excluding carboxylic acids is 2. The smallest absolute Gasteiger partial charge is 0.350 e. The highest BCUT2D eigenvalue weighted by atomic mass is 32.2. The van der Waals surface area contributed by atoms with Gasteiger partial charge in [-0.25, -0.2) is 8.42 Å². The molecular formula is C31H41F3N6O4S. The number of hydrogen-bond acceptors (Lipinski definition) is 7. The first-order valence-corrected chi connectivity index (χ1v) is 16.9. The van der Waals surface area contributed by atoms with Crippen LogP contribution in [0.5, 0.6) is 0 Å². The summed E-state index contributed by atoms with van der Waals surface area (Å²) in [5.74, 6) is -0.369. The predicted octanol–water partition coefficient (Wildman–Crippen LogP) is 3.07. The van der Waals surface area contributed by atoms with Gasteiger partial charge in [-0.2, -0.15) is 17.5 Å². The fraction of sp³-hybridized carbons (Fsp3) is 0.581. The molecule has 1 unspecified atom stereocenters. The number of halogens is 3. The van der Waals surface area contributed by atoms with Crippen molar-refractivity contribution in [3.05, 3.63) is 59.9 Å². The Bertz CT molecular complexity index is 1440. The first kappa shape index (κ1) is 33.3. The number of pyridine rings is 1. The summed E-state index contributed by atoms with van der Waals surface area (Å²) < 4.78 is 68.3. The average molecular weight is 651 g/mol. The van der Waals surface area contributed by atoms with E-state index in [2.05, 4.69) is 27.1 Å². The van der Waals surface area contributed by atoms with Gasteiger partial charge in [0.15, 0.2) is 0 Å². The molecule has 3 aliphatic heterocycles. The molecule has 5 rings (SSSR count). The number of likely N-dealkylation sites (tertiary alicyclic amines) is 1. The maximum absolute atomic E-state index is 13.6. The van der Waals surface area contributed by atoms with Crippen LogP contribution in [-0.4, -0.2) is 115 Å². The van der Waals surface area contributed by atoms with E-state index in [4.69, 9.17) is 0 Å². The van der Waals surface area contributed by atoms with Gasteiger partial charge in [-0.3, -0.25) is 19.5 Å². The number of piperidine rings is 2. The number of alkyl halides is 3. The van der Waals surface area contributed by atoms with E-state index < -0.39 is 32.7 Å². The van der Waals surface area contributed by atoms with Crippen LogP contribution >= 0.6 is 0 Å². The first-order valence-electron chi connectivity index (χ1n) is 15.5. The Balaban J connectivity index is 1.26. The number of nitrogens with one attached hydrogen (secondary N) is 1. The van der Waals surface area contributed by atoms with Crippen molar-refractivity contribution < 1.29 is 31.2 Å². The Kier molecular flexibility index (Phi) is 10.2. The first-order chi connectivity index (χ1) is 21.4. The topological polar surface area (TPSA) is 106 Å². The van der Waals surface area contributed by atoms with Gasteiger partial charge in [0.25, 0.3) is 5.91 Å². The minimum Gasteiger partial charge on any atom is -0.350 e. The van der Waals surface area contributed by atoms with E-state index in [1.807, 2.05) is 0 Å². The molecule has 1 atom stereocenters. The Hall–Kier alpha value is -3.07. The van der Waals surface area contributed by atoms with Gasteiger partial charge in [-0.05, 0) is 63.1 Å². The second-order valence-electron chi connectivity index (χ2n) is 12.3. The highest BCUT2D eigenvalue weighted by Gasteiger charge is 2.43. The third-order valence-electron chi connectivity index (χ3n) is 9.47. The molecule has 45 heavy (non-hydrogen) atoms. The van der Waals surface area contributed by atoms with Gasteiger partial charge in [-0.1, -0.05) is 12.5 Å². The number of amides is 2. The SMILES string of the molecule is CN1CCN(C2(CNC(=O)c3cccnc3)CCN(C(=O)CC3CCCCN3S(=O)(=O)c3cccc(C(F)(F)F)c3)CC2)CC1. The molecule has 0 aliphatic carbocycles. The number of piperazine rings is 1. The largest absolute Gasteiger partial charge is 0.416 e. The Labute approximate surface area is 262 Å². The molecule has 10 nitrogen and oxygen atoms in total. The number of hydrogen-bond donors (Lipinski definition) is 1. The number of nitrogens with zero attached hydrogens (tertiary/aromatic N) is 5. The second kappa shape index (κ2) is 13.7. The number of carbonyl (C=O) groups is 2. The molecule has 0 spiro atoms. The van der Waals surface area contributed by atoms with Crippen molar-refractivity contribution >= 4 is 21.8 Å². The zero-order valence-corrected chi connectivity index (χ0v) is 26.3. The molecule has 1 N–H and O–H groups in total. The van der Waals surface area contributed by atoms with Crippen molar-refractivity contribution in [2.45, 2.75) is 61.2 Å². The van der Waals surface area contributed by atoms with Gasteiger partial charge < -0.3 is 15.1 Å². The van der Waals surface area contributed by atoms with Gasteiger partial charge in [0, 0.05) is 82.8 Å². The van der Waals surface area contributed by atoms with Gasteiger partial charge in [0.2, 0.25) is 15.9 Å². The molecule has 0 radical (unpaired) electrons. The van der Waals surface area contributed by atoms with Crippen molar-refractivity contribution in [3.8, 4) is 0 Å². The summed E-state index contributed by atoms with van der Waals surface area (Å²) in [7, 11) is -2.16. The van der Waals surface area contributed by atoms with Gasteiger partial charge >= 0.3 is 6.18 Å². The normalized spacial score (nSPS) is 22.2. The molecule has 3 fully saturated rings. The van der Waals surface area contributed by atoms with Crippen molar-refractivity contribution in [3.63, 3.8) is 0 Å².